The Labute approximate surface area is 143 Å². The largest absolute Gasteiger partial charge is 0.348 e. The van der Waals surface area contributed by atoms with Gasteiger partial charge in [-0.3, -0.25) is 4.79 Å². The van der Waals surface area contributed by atoms with E-state index in [-0.39, 0.29) is 28.3 Å². The first-order valence-corrected chi connectivity index (χ1v) is 7.52. The highest BCUT2D eigenvalue weighted by Gasteiger charge is 2.29. The summed E-state index contributed by atoms with van der Waals surface area (Å²) in [5, 5.41) is 12.1. The molecule has 2 rings (SSSR count). The van der Waals surface area contributed by atoms with E-state index in [9.17, 15) is 9.18 Å². The molecule has 0 saturated carbocycles. The van der Waals surface area contributed by atoms with E-state index in [1.807, 2.05) is 6.07 Å². The average molecular weight is 351 g/mol. The van der Waals surface area contributed by atoms with Crippen molar-refractivity contribution in [1.29, 1.82) is 5.26 Å². The van der Waals surface area contributed by atoms with Crippen LogP contribution < -0.4 is 5.32 Å². The van der Waals surface area contributed by atoms with Crippen molar-refractivity contribution in [3.05, 3.63) is 69.2 Å². The van der Waals surface area contributed by atoms with E-state index in [0.717, 1.165) is 0 Å². The molecule has 1 amide bonds. The normalized spacial score (nSPS) is 13.0. The molecule has 6 heteroatoms. The van der Waals surface area contributed by atoms with Crippen LogP contribution in [-0.2, 0) is 5.67 Å². The average Bonchev–Trinajstić information content (AvgIpc) is 2.52. The van der Waals surface area contributed by atoms with Gasteiger partial charge >= 0.3 is 0 Å². The lowest BCUT2D eigenvalue weighted by molar-refractivity contribution is 0.0910. The summed E-state index contributed by atoms with van der Waals surface area (Å²) in [4.78, 5) is 12.2. The molecule has 1 N–H and O–H groups in total. The summed E-state index contributed by atoms with van der Waals surface area (Å²) < 4.78 is 14.9. The van der Waals surface area contributed by atoms with Crippen LogP contribution in [0.15, 0.2) is 42.5 Å². The fourth-order valence-corrected chi connectivity index (χ4v) is 2.73. The van der Waals surface area contributed by atoms with Gasteiger partial charge in [0.05, 0.1) is 23.7 Å². The van der Waals surface area contributed by atoms with Crippen molar-refractivity contribution in [2.75, 3.05) is 6.54 Å². The molecule has 0 radical (unpaired) electrons. The van der Waals surface area contributed by atoms with Gasteiger partial charge in [-0.15, -0.1) is 0 Å². The first-order valence-electron chi connectivity index (χ1n) is 6.77. The van der Waals surface area contributed by atoms with Gasteiger partial charge in [-0.25, -0.2) is 4.39 Å². The smallest absolute Gasteiger partial charge is 0.252 e. The van der Waals surface area contributed by atoms with Gasteiger partial charge < -0.3 is 5.32 Å². The standard InChI is InChI=1S/C17H13Cl2FN2O/c1-17(20,14-7-6-12(18)8-15(14)19)10-22-16(23)13-5-3-2-4-11(13)9-21/h2-8H,10H2,1H3,(H,22,23)/t17-/m1/s1. The maximum absolute atomic E-state index is 14.9. The number of nitrogens with zero attached hydrogens (tertiary/aromatic N) is 1. The lowest BCUT2D eigenvalue weighted by atomic mass is 9.97. The second kappa shape index (κ2) is 6.99. The van der Waals surface area contributed by atoms with Gasteiger partial charge in [-0.05, 0) is 31.2 Å². The highest BCUT2D eigenvalue weighted by atomic mass is 35.5. The third-order valence-electron chi connectivity index (χ3n) is 3.37. The lowest BCUT2D eigenvalue weighted by Gasteiger charge is -2.23. The molecule has 0 bridgehead atoms. The van der Waals surface area contributed by atoms with E-state index in [1.54, 1.807) is 12.1 Å². The molecule has 0 aliphatic rings. The van der Waals surface area contributed by atoms with Gasteiger partial charge in [-0.2, -0.15) is 5.26 Å². The first kappa shape index (κ1) is 17.3. The fraction of sp³-hybridized carbons (Fsp3) is 0.176. The molecule has 3 nitrogen and oxygen atoms in total. The zero-order chi connectivity index (χ0) is 17.0. The van der Waals surface area contributed by atoms with Crippen molar-refractivity contribution < 1.29 is 9.18 Å². The van der Waals surface area contributed by atoms with E-state index in [0.29, 0.717) is 5.02 Å². The second-order valence-electron chi connectivity index (χ2n) is 5.16. The number of hydrogen-bond donors (Lipinski definition) is 1. The third-order valence-corrected chi connectivity index (χ3v) is 3.91. The summed E-state index contributed by atoms with van der Waals surface area (Å²) in [5.41, 5.74) is -1.21. The van der Waals surface area contributed by atoms with Crippen LogP contribution in [0.3, 0.4) is 0 Å². The van der Waals surface area contributed by atoms with Crippen molar-refractivity contribution in [1.82, 2.24) is 5.32 Å². The molecule has 0 heterocycles. The van der Waals surface area contributed by atoms with Gasteiger partial charge in [0.25, 0.3) is 5.91 Å². The zero-order valence-corrected chi connectivity index (χ0v) is 13.7. The Morgan fingerprint density at radius 2 is 2.00 bits per heavy atom. The van der Waals surface area contributed by atoms with Gasteiger partial charge in [0.2, 0.25) is 0 Å². The molecule has 0 aliphatic heterocycles. The zero-order valence-electron chi connectivity index (χ0n) is 12.2. The molecule has 0 fully saturated rings. The minimum atomic E-state index is -1.88. The summed E-state index contributed by atoms with van der Waals surface area (Å²) in [7, 11) is 0. The van der Waals surface area contributed by atoms with Crippen molar-refractivity contribution in [3.63, 3.8) is 0 Å². The van der Waals surface area contributed by atoms with Crippen LogP contribution in [0, 0.1) is 11.3 Å². The third kappa shape index (κ3) is 4.01. The van der Waals surface area contributed by atoms with E-state index in [4.69, 9.17) is 28.5 Å². The molecule has 1 atom stereocenters. The minimum Gasteiger partial charge on any atom is -0.348 e. The number of nitriles is 1. The summed E-state index contributed by atoms with van der Waals surface area (Å²) in [6, 6.07) is 12.7. The molecule has 118 valence electrons. The van der Waals surface area contributed by atoms with E-state index < -0.39 is 11.6 Å². The van der Waals surface area contributed by atoms with Crippen LogP contribution in [0.5, 0.6) is 0 Å². The van der Waals surface area contributed by atoms with E-state index in [1.165, 1.54) is 37.3 Å². The predicted octanol–water partition coefficient (Wildman–Crippen LogP) is 4.48. The molecule has 2 aromatic rings. The van der Waals surface area contributed by atoms with Crippen LogP contribution in [0.2, 0.25) is 10.0 Å². The number of alkyl halides is 1. The Morgan fingerprint density at radius 3 is 2.65 bits per heavy atom. The lowest BCUT2D eigenvalue weighted by Crippen LogP contribution is -2.36. The number of nitrogens with one attached hydrogen (secondary N) is 1. The molecule has 0 aromatic heterocycles. The summed E-state index contributed by atoms with van der Waals surface area (Å²) in [5.74, 6) is -0.517. The molecule has 23 heavy (non-hydrogen) atoms. The second-order valence-corrected chi connectivity index (χ2v) is 6.01. The Kier molecular flexibility index (Phi) is 5.25. The van der Waals surface area contributed by atoms with Crippen molar-refractivity contribution in [2.45, 2.75) is 12.6 Å². The number of hydrogen-bond acceptors (Lipinski definition) is 2. The number of halogens is 3. The van der Waals surface area contributed by atoms with E-state index in [2.05, 4.69) is 5.32 Å². The summed E-state index contributed by atoms with van der Waals surface area (Å²) in [6.07, 6.45) is 0. The van der Waals surface area contributed by atoms with Gasteiger partial charge in [0.15, 0.2) is 5.67 Å². The van der Waals surface area contributed by atoms with Gasteiger partial charge in [-0.1, -0.05) is 41.4 Å². The van der Waals surface area contributed by atoms with Crippen molar-refractivity contribution >= 4 is 29.1 Å². The Hall–Kier alpha value is -2.09. The summed E-state index contributed by atoms with van der Waals surface area (Å²) >= 11 is 11.8. The van der Waals surface area contributed by atoms with Gasteiger partial charge in [0, 0.05) is 15.6 Å². The number of amides is 1. The van der Waals surface area contributed by atoms with Crippen LogP contribution in [0.25, 0.3) is 0 Å². The fourth-order valence-electron chi connectivity index (χ4n) is 2.13. The molecule has 0 saturated heterocycles. The Bertz CT molecular complexity index is 784. The van der Waals surface area contributed by atoms with E-state index >= 15 is 0 Å². The van der Waals surface area contributed by atoms with Crippen molar-refractivity contribution in [2.24, 2.45) is 0 Å². The number of carbonyl (C=O) groups excluding carboxylic acids is 1. The Balaban J connectivity index is 2.16. The minimum absolute atomic E-state index is 0.189. The maximum atomic E-state index is 14.9. The number of carbonyl (C=O) groups is 1. The molecule has 0 spiro atoms. The SMILES string of the molecule is C[C@@](F)(CNC(=O)c1ccccc1C#N)c1ccc(Cl)cc1Cl. The van der Waals surface area contributed by atoms with Crippen LogP contribution >= 0.6 is 23.2 Å². The highest BCUT2D eigenvalue weighted by Crippen LogP contribution is 2.32. The highest BCUT2D eigenvalue weighted by molar-refractivity contribution is 6.35. The molecular formula is C17H13Cl2FN2O. The predicted molar refractivity (Wildman–Crippen MR) is 88.4 cm³/mol. The molecule has 0 aliphatic carbocycles. The van der Waals surface area contributed by atoms with Crippen molar-refractivity contribution in [3.8, 4) is 6.07 Å². The van der Waals surface area contributed by atoms with Crippen LogP contribution in [0.4, 0.5) is 4.39 Å². The number of rotatable bonds is 4. The van der Waals surface area contributed by atoms with Crippen LogP contribution in [-0.4, -0.2) is 12.5 Å². The maximum Gasteiger partial charge on any atom is 0.252 e. The molecule has 0 unspecified atom stereocenters. The number of benzene rings is 2. The Morgan fingerprint density at radius 1 is 1.30 bits per heavy atom. The first-order chi connectivity index (χ1) is 10.8. The van der Waals surface area contributed by atoms with Gasteiger partial charge in [0.1, 0.15) is 0 Å². The molecular weight excluding hydrogens is 338 g/mol. The quantitative estimate of drug-likeness (QED) is 0.883. The van der Waals surface area contributed by atoms with Crippen LogP contribution in [0.1, 0.15) is 28.4 Å². The summed E-state index contributed by atoms with van der Waals surface area (Å²) in [6.45, 7) is 1.03. The topological polar surface area (TPSA) is 52.9 Å². The molecule has 2 aromatic carbocycles. The monoisotopic (exact) mass is 350 g/mol.